The van der Waals surface area contributed by atoms with Gasteiger partial charge in [0, 0.05) is 44.1 Å². The lowest BCUT2D eigenvalue weighted by molar-refractivity contribution is 0.0746. The van der Waals surface area contributed by atoms with Crippen LogP contribution >= 0.6 is 0 Å². The number of carbonyl (C=O) groups is 1. The third-order valence-corrected chi connectivity index (χ3v) is 4.60. The first-order valence-electron chi connectivity index (χ1n) is 8.64. The number of benzene rings is 1. The Morgan fingerprint density at radius 2 is 1.79 bits per heavy atom. The Hall–Kier alpha value is -3.56. The van der Waals surface area contributed by atoms with Crippen LogP contribution in [0.4, 0.5) is 20.3 Å². The van der Waals surface area contributed by atoms with Gasteiger partial charge < -0.3 is 15.5 Å². The molecule has 1 fully saturated rings. The quantitative estimate of drug-likeness (QED) is 0.734. The minimum atomic E-state index is -1.04. The molecule has 4 rings (SSSR count). The predicted molar refractivity (Wildman–Crippen MR) is 98.0 cm³/mol. The number of aromatic nitrogens is 4. The summed E-state index contributed by atoms with van der Waals surface area (Å²) in [6, 6.07) is 4.93. The average Bonchev–Trinajstić information content (AvgIpc) is 3.24. The SMILES string of the molecule is Nc1c(N2CCN(C(=O)c3ccc(F)c(F)c3)CC2)ncnc1-n1cccn1. The molecule has 0 unspecified atom stereocenters. The molecular formula is C18H17F2N7O. The minimum absolute atomic E-state index is 0.120. The summed E-state index contributed by atoms with van der Waals surface area (Å²) in [4.78, 5) is 24.5. The summed E-state index contributed by atoms with van der Waals surface area (Å²) in [6.45, 7) is 1.79. The zero-order valence-corrected chi connectivity index (χ0v) is 14.8. The first kappa shape index (κ1) is 17.8. The van der Waals surface area contributed by atoms with Crippen LogP contribution in [-0.2, 0) is 0 Å². The normalized spacial score (nSPS) is 14.4. The maximum atomic E-state index is 13.4. The fourth-order valence-corrected chi connectivity index (χ4v) is 3.14. The third kappa shape index (κ3) is 3.24. The molecule has 144 valence electrons. The van der Waals surface area contributed by atoms with Crippen molar-refractivity contribution >= 4 is 17.4 Å². The van der Waals surface area contributed by atoms with Gasteiger partial charge in [0.1, 0.15) is 12.0 Å². The maximum Gasteiger partial charge on any atom is 0.254 e. The molecule has 0 saturated carbocycles. The summed E-state index contributed by atoms with van der Waals surface area (Å²) in [5.41, 5.74) is 6.75. The number of nitrogen functional groups attached to an aromatic ring is 1. The van der Waals surface area contributed by atoms with E-state index in [2.05, 4.69) is 15.1 Å². The molecule has 2 aromatic heterocycles. The molecular weight excluding hydrogens is 368 g/mol. The number of amides is 1. The fraction of sp³-hybridized carbons (Fsp3) is 0.222. The van der Waals surface area contributed by atoms with E-state index in [1.54, 1.807) is 28.0 Å². The molecule has 1 amide bonds. The molecule has 0 bridgehead atoms. The van der Waals surface area contributed by atoms with Crippen LogP contribution in [0.5, 0.6) is 0 Å². The van der Waals surface area contributed by atoms with Crippen LogP contribution in [0, 0.1) is 11.6 Å². The number of piperazine rings is 1. The number of rotatable bonds is 3. The van der Waals surface area contributed by atoms with Gasteiger partial charge in [-0.1, -0.05) is 0 Å². The fourth-order valence-electron chi connectivity index (χ4n) is 3.14. The average molecular weight is 385 g/mol. The van der Waals surface area contributed by atoms with Crippen LogP contribution in [0.1, 0.15) is 10.4 Å². The number of hydrogen-bond acceptors (Lipinski definition) is 6. The summed E-state index contributed by atoms with van der Waals surface area (Å²) in [5, 5.41) is 4.13. The van der Waals surface area contributed by atoms with Gasteiger partial charge in [-0.15, -0.1) is 0 Å². The van der Waals surface area contributed by atoms with Crippen LogP contribution in [-0.4, -0.2) is 56.7 Å². The predicted octanol–water partition coefficient (Wildman–Crippen LogP) is 1.49. The second-order valence-electron chi connectivity index (χ2n) is 6.29. The maximum absolute atomic E-state index is 13.4. The van der Waals surface area contributed by atoms with E-state index in [1.807, 2.05) is 4.90 Å². The molecule has 1 aliphatic heterocycles. The number of nitrogens with zero attached hydrogens (tertiary/aromatic N) is 6. The Morgan fingerprint density at radius 3 is 2.46 bits per heavy atom. The van der Waals surface area contributed by atoms with E-state index < -0.39 is 11.6 Å². The van der Waals surface area contributed by atoms with E-state index in [-0.39, 0.29) is 11.5 Å². The topological polar surface area (TPSA) is 93.2 Å². The van der Waals surface area contributed by atoms with Gasteiger partial charge in [-0.25, -0.2) is 23.4 Å². The van der Waals surface area contributed by atoms with E-state index in [9.17, 15) is 13.6 Å². The second kappa shape index (κ2) is 7.22. The molecule has 0 spiro atoms. The van der Waals surface area contributed by atoms with Crippen LogP contribution in [0.3, 0.4) is 0 Å². The monoisotopic (exact) mass is 385 g/mol. The zero-order valence-electron chi connectivity index (χ0n) is 14.8. The first-order valence-corrected chi connectivity index (χ1v) is 8.64. The standard InChI is InChI=1S/C18H17F2N7O/c19-13-3-2-12(10-14(13)20)18(28)26-8-6-25(7-9-26)16-15(21)17(23-11-22-16)27-5-1-4-24-27/h1-5,10-11H,6-9,21H2. The van der Waals surface area contributed by atoms with Crippen molar-refractivity contribution in [3.05, 3.63) is 60.2 Å². The number of nitrogens with two attached hydrogens (primary N) is 1. The third-order valence-electron chi connectivity index (χ3n) is 4.60. The smallest absolute Gasteiger partial charge is 0.254 e. The largest absolute Gasteiger partial charge is 0.393 e. The Labute approximate surface area is 159 Å². The summed E-state index contributed by atoms with van der Waals surface area (Å²) in [7, 11) is 0. The minimum Gasteiger partial charge on any atom is -0.393 e. The highest BCUT2D eigenvalue weighted by Gasteiger charge is 2.25. The highest BCUT2D eigenvalue weighted by atomic mass is 19.2. The molecule has 28 heavy (non-hydrogen) atoms. The first-order chi connectivity index (χ1) is 13.5. The highest BCUT2D eigenvalue weighted by Crippen LogP contribution is 2.26. The van der Waals surface area contributed by atoms with Crippen molar-refractivity contribution in [2.24, 2.45) is 0 Å². The van der Waals surface area contributed by atoms with E-state index in [4.69, 9.17) is 5.73 Å². The molecule has 0 radical (unpaired) electrons. The molecule has 3 aromatic rings. The molecule has 3 heterocycles. The molecule has 8 nitrogen and oxygen atoms in total. The van der Waals surface area contributed by atoms with Crippen molar-refractivity contribution < 1.29 is 13.6 Å². The van der Waals surface area contributed by atoms with Gasteiger partial charge in [-0.05, 0) is 24.3 Å². The van der Waals surface area contributed by atoms with Gasteiger partial charge in [0.25, 0.3) is 5.91 Å². The zero-order chi connectivity index (χ0) is 19.7. The molecule has 0 aliphatic carbocycles. The number of halogens is 2. The molecule has 1 saturated heterocycles. The van der Waals surface area contributed by atoms with Crippen LogP contribution < -0.4 is 10.6 Å². The van der Waals surface area contributed by atoms with Gasteiger partial charge in [0.15, 0.2) is 23.3 Å². The Balaban J connectivity index is 1.48. The van der Waals surface area contributed by atoms with E-state index in [0.29, 0.717) is 43.5 Å². The van der Waals surface area contributed by atoms with Crippen molar-refractivity contribution in [3.63, 3.8) is 0 Å². The van der Waals surface area contributed by atoms with Crippen molar-refractivity contribution in [2.45, 2.75) is 0 Å². The lowest BCUT2D eigenvalue weighted by atomic mass is 10.1. The Kier molecular flexibility index (Phi) is 4.60. The van der Waals surface area contributed by atoms with Gasteiger partial charge >= 0.3 is 0 Å². The van der Waals surface area contributed by atoms with Crippen LogP contribution in [0.2, 0.25) is 0 Å². The van der Waals surface area contributed by atoms with Gasteiger partial charge in [-0.3, -0.25) is 4.79 Å². The lowest BCUT2D eigenvalue weighted by Gasteiger charge is -2.36. The Morgan fingerprint density at radius 1 is 1.04 bits per heavy atom. The lowest BCUT2D eigenvalue weighted by Crippen LogP contribution is -2.49. The van der Waals surface area contributed by atoms with E-state index in [1.165, 1.54) is 12.4 Å². The Bertz CT molecular complexity index is 1000. The summed E-state index contributed by atoms with van der Waals surface area (Å²) in [6.07, 6.45) is 4.78. The number of anilines is 2. The van der Waals surface area contributed by atoms with Gasteiger partial charge in [0.2, 0.25) is 0 Å². The van der Waals surface area contributed by atoms with Crippen molar-refractivity contribution in [2.75, 3.05) is 36.8 Å². The second-order valence-corrected chi connectivity index (χ2v) is 6.29. The summed E-state index contributed by atoms with van der Waals surface area (Å²) in [5.74, 6) is -1.31. The summed E-state index contributed by atoms with van der Waals surface area (Å²) >= 11 is 0. The van der Waals surface area contributed by atoms with E-state index in [0.717, 1.165) is 12.1 Å². The van der Waals surface area contributed by atoms with Crippen LogP contribution in [0.25, 0.3) is 5.82 Å². The van der Waals surface area contributed by atoms with Gasteiger partial charge in [-0.2, -0.15) is 5.10 Å². The van der Waals surface area contributed by atoms with Crippen molar-refractivity contribution in [1.29, 1.82) is 0 Å². The number of carbonyl (C=O) groups excluding carboxylic acids is 1. The van der Waals surface area contributed by atoms with E-state index >= 15 is 0 Å². The number of hydrogen-bond donors (Lipinski definition) is 1. The van der Waals surface area contributed by atoms with Crippen molar-refractivity contribution in [3.8, 4) is 5.82 Å². The molecule has 1 aliphatic rings. The molecule has 10 heteroatoms. The summed E-state index contributed by atoms with van der Waals surface area (Å²) < 4.78 is 28.0. The molecule has 0 atom stereocenters. The van der Waals surface area contributed by atoms with Crippen molar-refractivity contribution in [1.82, 2.24) is 24.6 Å². The van der Waals surface area contributed by atoms with Gasteiger partial charge in [0.05, 0.1) is 0 Å². The molecule has 2 N–H and O–H groups in total. The highest BCUT2D eigenvalue weighted by molar-refractivity contribution is 5.94. The van der Waals surface area contributed by atoms with Crippen LogP contribution in [0.15, 0.2) is 43.0 Å². The molecule has 1 aromatic carbocycles.